The minimum Gasteiger partial charge on any atom is -0.493 e. The van der Waals surface area contributed by atoms with Crippen molar-refractivity contribution in [3.05, 3.63) is 89.7 Å². The van der Waals surface area contributed by atoms with Crippen molar-refractivity contribution in [3.63, 3.8) is 0 Å². The lowest BCUT2D eigenvalue weighted by atomic mass is 10.0. The number of benzene rings is 2. The van der Waals surface area contributed by atoms with Gasteiger partial charge < -0.3 is 20.5 Å². The Morgan fingerprint density at radius 3 is 2.45 bits per heavy atom. The molecule has 150 valence electrons. The second-order valence-corrected chi connectivity index (χ2v) is 6.67. The van der Waals surface area contributed by atoms with Crippen molar-refractivity contribution in [2.45, 2.75) is 25.6 Å². The predicted octanol–water partition coefficient (Wildman–Crippen LogP) is 3.55. The van der Waals surface area contributed by atoms with Gasteiger partial charge in [-0.15, -0.1) is 0 Å². The van der Waals surface area contributed by atoms with Crippen LogP contribution in [0, 0.1) is 0 Å². The molecule has 2 atom stereocenters. The lowest BCUT2D eigenvalue weighted by Crippen LogP contribution is -2.35. The summed E-state index contributed by atoms with van der Waals surface area (Å²) in [4.78, 5) is 16.5. The van der Waals surface area contributed by atoms with E-state index in [1.807, 2.05) is 67.6 Å². The molecule has 0 aliphatic carbocycles. The van der Waals surface area contributed by atoms with Crippen LogP contribution in [0.25, 0.3) is 0 Å². The number of amides is 1. The molecule has 2 aromatic carbocycles. The molecule has 3 rings (SSSR count). The van der Waals surface area contributed by atoms with Gasteiger partial charge in [0, 0.05) is 12.4 Å². The first kappa shape index (κ1) is 20.4. The van der Waals surface area contributed by atoms with Crippen LogP contribution in [0.3, 0.4) is 0 Å². The minimum absolute atomic E-state index is 0.235. The highest BCUT2D eigenvalue weighted by molar-refractivity contribution is 5.83. The smallest absolute Gasteiger partial charge is 0.241 e. The first-order chi connectivity index (χ1) is 14.1. The van der Waals surface area contributed by atoms with E-state index in [1.54, 1.807) is 19.5 Å². The van der Waals surface area contributed by atoms with Crippen molar-refractivity contribution >= 4 is 5.91 Å². The molecule has 0 saturated carbocycles. The van der Waals surface area contributed by atoms with Gasteiger partial charge in [-0.1, -0.05) is 36.4 Å². The summed E-state index contributed by atoms with van der Waals surface area (Å²) in [5.74, 6) is 0.998. The molecule has 0 saturated heterocycles. The minimum atomic E-state index is -0.719. The molecule has 0 fully saturated rings. The molecule has 29 heavy (non-hydrogen) atoms. The monoisotopic (exact) mass is 391 g/mol. The molecule has 6 heteroatoms. The number of pyridine rings is 1. The number of hydrogen-bond donors (Lipinski definition) is 2. The molecule has 1 aromatic heterocycles. The van der Waals surface area contributed by atoms with Crippen LogP contribution in [-0.2, 0) is 11.4 Å². The van der Waals surface area contributed by atoms with Crippen molar-refractivity contribution in [3.8, 4) is 11.5 Å². The first-order valence-electron chi connectivity index (χ1n) is 9.39. The van der Waals surface area contributed by atoms with E-state index in [0.29, 0.717) is 18.1 Å². The quantitative estimate of drug-likeness (QED) is 0.613. The Morgan fingerprint density at radius 2 is 1.76 bits per heavy atom. The number of nitrogens with one attached hydrogen (secondary N) is 1. The van der Waals surface area contributed by atoms with E-state index in [0.717, 1.165) is 16.7 Å². The molecule has 6 nitrogen and oxygen atoms in total. The van der Waals surface area contributed by atoms with Gasteiger partial charge in [0.2, 0.25) is 5.91 Å². The normalized spacial score (nSPS) is 12.7. The Balaban J connectivity index is 1.66. The number of nitrogens with two attached hydrogens (primary N) is 1. The van der Waals surface area contributed by atoms with E-state index in [4.69, 9.17) is 15.2 Å². The number of methoxy groups -OCH3 is 1. The highest BCUT2D eigenvalue weighted by Crippen LogP contribution is 2.31. The molecule has 1 amide bonds. The van der Waals surface area contributed by atoms with E-state index in [1.165, 1.54) is 0 Å². The summed E-state index contributed by atoms with van der Waals surface area (Å²) in [7, 11) is 1.59. The number of carbonyl (C=O) groups is 1. The number of rotatable bonds is 8. The van der Waals surface area contributed by atoms with E-state index in [9.17, 15) is 4.79 Å². The van der Waals surface area contributed by atoms with Crippen LogP contribution in [-0.4, -0.2) is 18.0 Å². The van der Waals surface area contributed by atoms with E-state index in [-0.39, 0.29) is 11.9 Å². The Kier molecular flexibility index (Phi) is 6.81. The molecule has 3 N–H and O–H groups in total. The van der Waals surface area contributed by atoms with Gasteiger partial charge in [-0.05, 0) is 47.9 Å². The third kappa shape index (κ3) is 5.33. The highest BCUT2D eigenvalue weighted by atomic mass is 16.5. The van der Waals surface area contributed by atoms with Crippen LogP contribution in [0.4, 0.5) is 0 Å². The summed E-state index contributed by atoms with van der Waals surface area (Å²) in [6.45, 7) is 2.32. The Morgan fingerprint density at radius 1 is 1.03 bits per heavy atom. The molecule has 2 unspecified atom stereocenters. The number of nitrogens with zero attached hydrogens (tertiary/aromatic N) is 1. The van der Waals surface area contributed by atoms with Crippen LogP contribution < -0.4 is 20.5 Å². The number of carbonyl (C=O) groups excluding carboxylic acids is 1. The molecule has 0 aliphatic rings. The average Bonchev–Trinajstić information content (AvgIpc) is 2.78. The second-order valence-electron chi connectivity index (χ2n) is 6.67. The molecule has 1 heterocycles. The fourth-order valence-corrected chi connectivity index (χ4v) is 2.91. The average molecular weight is 391 g/mol. The molecule has 0 aliphatic heterocycles. The predicted molar refractivity (Wildman–Crippen MR) is 111 cm³/mol. The van der Waals surface area contributed by atoms with Crippen molar-refractivity contribution in [2.75, 3.05) is 7.11 Å². The zero-order valence-corrected chi connectivity index (χ0v) is 16.5. The van der Waals surface area contributed by atoms with Gasteiger partial charge in [-0.3, -0.25) is 9.78 Å². The SMILES string of the molecule is COc1cc(C(C)NC(=O)C(N)c2ccccc2)ccc1OCc1ccncc1. The summed E-state index contributed by atoms with van der Waals surface area (Å²) in [6.07, 6.45) is 3.45. The zero-order chi connectivity index (χ0) is 20.6. The van der Waals surface area contributed by atoms with Crippen molar-refractivity contribution < 1.29 is 14.3 Å². The maximum atomic E-state index is 12.5. The number of hydrogen-bond acceptors (Lipinski definition) is 5. The van der Waals surface area contributed by atoms with Crippen molar-refractivity contribution in [1.29, 1.82) is 0 Å². The van der Waals surface area contributed by atoms with Crippen molar-refractivity contribution in [1.82, 2.24) is 10.3 Å². The van der Waals surface area contributed by atoms with E-state index in [2.05, 4.69) is 10.3 Å². The van der Waals surface area contributed by atoms with Crippen LogP contribution in [0.1, 0.15) is 35.7 Å². The lowest BCUT2D eigenvalue weighted by Gasteiger charge is -2.19. The molecular weight excluding hydrogens is 366 g/mol. The number of aromatic nitrogens is 1. The summed E-state index contributed by atoms with van der Waals surface area (Å²) in [5, 5.41) is 2.96. The zero-order valence-electron chi connectivity index (χ0n) is 16.5. The standard InChI is InChI=1S/C23H25N3O3/c1-16(26-23(27)22(24)18-6-4-3-5-7-18)19-8-9-20(21(14-19)28-2)29-15-17-10-12-25-13-11-17/h3-14,16,22H,15,24H2,1-2H3,(H,26,27). The first-order valence-corrected chi connectivity index (χ1v) is 9.39. The molecular formula is C23H25N3O3. The Bertz CT molecular complexity index is 933. The highest BCUT2D eigenvalue weighted by Gasteiger charge is 2.19. The van der Waals surface area contributed by atoms with Gasteiger partial charge in [-0.25, -0.2) is 0 Å². The summed E-state index contributed by atoms with van der Waals surface area (Å²) >= 11 is 0. The van der Waals surface area contributed by atoms with Gasteiger partial charge in [0.1, 0.15) is 12.6 Å². The van der Waals surface area contributed by atoms with E-state index < -0.39 is 6.04 Å². The molecule has 3 aromatic rings. The topological polar surface area (TPSA) is 86.5 Å². The van der Waals surface area contributed by atoms with Gasteiger partial charge in [-0.2, -0.15) is 0 Å². The fraction of sp³-hybridized carbons (Fsp3) is 0.217. The van der Waals surface area contributed by atoms with Gasteiger partial charge >= 0.3 is 0 Å². The number of ether oxygens (including phenoxy) is 2. The second kappa shape index (κ2) is 9.71. The summed E-state index contributed by atoms with van der Waals surface area (Å²) in [6, 6.07) is 17.7. The maximum absolute atomic E-state index is 12.5. The lowest BCUT2D eigenvalue weighted by molar-refractivity contribution is -0.123. The molecule has 0 spiro atoms. The Labute approximate surface area is 170 Å². The van der Waals surface area contributed by atoms with Gasteiger partial charge in [0.05, 0.1) is 13.2 Å². The molecule has 0 radical (unpaired) electrons. The van der Waals surface area contributed by atoms with Gasteiger partial charge in [0.25, 0.3) is 0 Å². The largest absolute Gasteiger partial charge is 0.493 e. The van der Waals surface area contributed by atoms with Gasteiger partial charge in [0.15, 0.2) is 11.5 Å². The fourth-order valence-electron chi connectivity index (χ4n) is 2.91. The van der Waals surface area contributed by atoms with Crippen LogP contribution in [0.5, 0.6) is 11.5 Å². The Hall–Kier alpha value is -3.38. The van der Waals surface area contributed by atoms with Crippen molar-refractivity contribution in [2.24, 2.45) is 5.73 Å². The van der Waals surface area contributed by atoms with E-state index >= 15 is 0 Å². The van der Waals surface area contributed by atoms with Crippen LogP contribution in [0.15, 0.2) is 73.1 Å². The third-order valence-corrected chi connectivity index (χ3v) is 4.63. The molecule has 0 bridgehead atoms. The summed E-state index contributed by atoms with van der Waals surface area (Å²) in [5.41, 5.74) is 8.76. The summed E-state index contributed by atoms with van der Waals surface area (Å²) < 4.78 is 11.3. The maximum Gasteiger partial charge on any atom is 0.241 e. The third-order valence-electron chi connectivity index (χ3n) is 4.63. The van der Waals surface area contributed by atoms with Crippen LogP contribution >= 0.6 is 0 Å². The van der Waals surface area contributed by atoms with Crippen LogP contribution in [0.2, 0.25) is 0 Å².